The van der Waals surface area contributed by atoms with Crippen LogP contribution in [0.4, 0.5) is 0 Å². The van der Waals surface area contributed by atoms with Crippen molar-refractivity contribution in [1.82, 2.24) is 0 Å². The number of hydrogen-bond donors (Lipinski definition) is 0. The Morgan fingerprint density at radius 2 is 1.60 bits per heavy atom. The molecule has 0 fully saturated rings. The zero-order valence-corrected chi connectivity index (χ0v) is 14.4. The van der Waals surface area contributed by atoms with Crippen LogP contribution in [0, 0.1) is 0 Å². The maximum absolute atomic E-state index is 12.5. The van der Waals surface area contributed by atoms with Gasteiger partial charge in [0, 0.05) is 16.3 Å². The molecule has 0 aliphatic heterocycles. The van der Waals surface area contributed by atoms with Crippen molar-refractivity contribution in [1.29, 1.82) is 0 Å². The van der Waals surface area contributed by atoms with Gasteiger partial charge in [-0.15, -0.1) is 0 Å². The highest BCUT2D eigenvalue weighted by Crippen LogP contribution is 2.35. The molecule has 0 aliphatic carbocycles. The molecule has 0 atom stereocenters. The number of Topliss-reactive ketones (excluding diaryl/α,β-unsaturated/α-hetero) is 1. The van der Waals surface area contributed by atoms with Gasteiger partial charge in [-0.3, -0.25) is 4.79 Å². The largest absolute Gasteiger partial charge is 0.493 e. The molecule has 1 aromatic rings. The van der Waals surface area contributed by atoms with E-state index in [0.29, 0.717) is 16.0 Å². The highest BCUT2D eigenvalue weighted by molar-refractivity contribution is 9.10. The molecule has 20 heavy (non-hydrogen) atoms. The Bertz CT molecular complexity index is 634. The molecule has 0 unspecified atom stereocenters. The van der Waals surface area contributed by atoms with Crippen LogP contribution in [0.5, 0.6) is 11.5 Å². The Kier molecular flexibility index (Phi) is 4.86. The zero-order chi connectivity index (χ0) is 15.7. The summed E-state index contributed by atoms with van der Waals surface area (Å²) in [7, 11) is -0.620. The summed E-state index contributed by atoms with van der Waals surface area (Å²) in [6.45, 7) is 2.77. The summed E-state index contributed by atoms with van der Waals surface area (Å²) in [6.07, 6.45) is 1.04. The van der Waals surface area contributed by atoms with Crippen molar-refractivity contribution >= 4 is 31.6 Å². The molecule has 7 heteroatoms. The van der Waals surface area contributed by atoms with E-state index in [4.69, 9.17) is 9.47 Å². The summed E-state index contributed by atoms with van der Waals surface area (Å²) in [4.78, 5) is 12.5. The molecule has 0 heterocycles. The minimum absolute atomic E-state index is 0.234. The zero-order valence-electron chi connectivity index (χ0n) is 12.0. The van der Waals surface area contributed by atoms with E-state index in [2.05, 4.69) is 15.9 Å². The van der Waals surface area contributed by atoms with Crippen LogP contribution in [0.15, 0.2) is 16.6 Å². The van der Waals surface area contributed by atoms with Crippen molar-refractivity contribution in [2.45, 2.75) is 18.6 Å². The fraction of sp³-hybridized carbons (Fsp3) is 0.462. The van der Waals surface area contributed by atoms with Gasteiger partial charge in [0.1, 0.15) is 4.75 Å². The maximum Gasteiger partial charge on any atom is 0.184 e. The number of hydrogen-bond acceptors (Lipinski definition) is 5. The molecule has 1 rings (SSSR count). The standard InChI is InChI=1S/C13H17BrO5S/c1-13(2,20(5,16)17)12(15)8-6-10(18-3)11(19-4)7-9(8)14/h6-7H,1-5H3. The minimum Gasteiger partial charge on any atom is -0.493 e. The second-order valence-corrected chi connectivity index (χ2v) is 8.22. The average molecular weight is 365 g/mol. The molecule has 0 radical (unpaired) electrons. The van der Waals surface area contributed by atoms with Gasteiger partial charge in [-0.1, -0.05) is 0 Å². The number of ether oxygens (including phenoxy) is 2. The third kappa shape index (κ3) is 2.98. The number of ketones is 1. The first-order valence-electron chi connectivity index (χ1n) is 5.72. The first-order valence-corrected chi connectivity index (χ1v) is 8.40. The van der Waals surface area contributed by atoms with Crippen molar-refractivity contribution in [3.63, 3.8) is 0 Å². The van der Waals surface area contributed by atoms with Crippen LogP contribution in [0.2, 0.25) is 0 Å². The third-order valence-corrected chi connectivity index (χ3v) is 5.89. The molecule has 5 nitrogen and oxygen atoms in total. The number of carbonyl (C=O) groups is 1. The second kappa shape index (κ2) is 5.73. The van der Waals surface area contributed by atoms with Gasteiger partial charge in [-0.25, -0.2) is 8.42 Å². The Morgan fingerprint density at radius 1 is 1.15 bits per heavy atom. The predicted octanol–water partition coefficient (Wildman–Crippen LogP) is 2.47. The lowest BCUT2D eigenvalue weighted by molar-refractivity contribution is 0.0953. The highest BCUT2D eigenvalue weighted by Gasteiger charge is 2.40. The highest BCUT2D eigenvalue weighted by atomic mass is 79.9. The van der Waals surface area contributed by atoms with Crippen LogP contribution >= 0.6 is 15.9 Å². The van der Waals surface area contributed by atoms with Crippen molar-refractivity contribution in [2.75, 3.05) is 20.5 Å². The van der Waals surface area contributed by atoms with E-state index in [-0.39, 0.29) is 5.56 Å². The van der Waals surface area contributed by atoms with E-state index in [0.717, 1.165) is 6.26 Å². The van der Waals surface area contributed by atoms with E-state index in [1.54, 1.807) is 6.07 Å². The summed E-state index contributed by atoms with van der Waals surface area (Å²) < 4.78 is 32.7. The van der Waals surface area contributed by atoms with Crippen molar-refractivity contribution < 1.29 is 22.7 Å². The lowest BCUT2D eigenvalue weighted by Crippen LogP contribution is -2.40. The van der Waals surface area contributed by atoms with Crippen molar-refractivity contribution in [3.05, 3.63) is 22.2 Å². The van der Waals surface area contributed by atoms with Gasteiger partial charge in [0.25, 0.3) is 0 Å². The summed E-state index contributed by atoms with van der Waals surface area (Å²) in [6, 6.07) is 3.04. The molecule has 0 saturated heterocycles. The number of halogens is 1. The molecule has 0 N–H and O–H groups in total. The lowest BCUT2D eigenvalue weighted by atomic mass is 10.00. The molecule has 0 saturated carbocycles. The van der Waals surface area contributed by atoms with E-state index in [1.165, 1.54) is 34.1 Å². The van der Waals surface area contributed by atoms with E-state index < -0.39 is 20.4 Å². The number of rotatable bonds is 5. The maximum atomic E-state index is 12.5. The van der Waals surface area contributed by atoms with Crippen LogP contribution in [0.1, 0.15) is 24.2 Å². The molecule has 1 aromatic carbocycles. The molecular weight excluding hydrogens is 348 g/mol. The Morgan fingerprint density at radius 3 is 2.00 bits per heavy atom. The topological polar surface area (TPSA) is 69.7 Å². The van der Waals surface area contributed by atoms with Crippen molar-refractivity contribution in [3.8, 4) is 11.5 Å². The Hall–Kier alpha value is -1.08. The first-order chi connectivity index (χ1) is 9.06. The van der Waals surface area contributed by atoms with Gasteiger partial charge < -0.3 is 9.47 Å². The molecular formula is C13H17BrO5S. The molecule has 112 valence electrons. The smallest absolute Gasteiger partial charge is 0.184 e. The predicted molar refractivity (Wildman–Crippen MR) is 80.5 cm³/mol. The molecule has 0 bridgehead atoms. The minimum atomic E-state index is -3.54. The van der Waals surface area contributed by atoms with Crippen LogP contribution in [-0.2, 0) is 9.84 Å². The van der Waals surface area contributed by atoms with E-state index in [9.17, 15) is 13.2 Å². The number of sulfone groups is 1. The first kappa shape index (κ1) is 17.0. The van der Waals surface area contributed by atoms with Gasteiger partial charge in [-0.2, -0.15) is 0 Å². The fourth-order valence-corrected chi connectivity index (χ4v) is 2.47. The van der Waals surface area contributed by atoms with Gasteiger partial charge in [0.05, 0.1) is 14.2 Å². The van der Waals surface area contributed by atoms with Gasteiger partial charge in [-0.05, 0) is 41.9 Å². The summed E-state index contributed by atoms with van der Waals surface area (Å²) in [5.41, 5.74) is 0.234. The summed E-state index contributed by atoms with van der Waals surface area (Å²) >= 11 is 3.26. The lowest BCUT2D eigenvalue weighted by Gasteiger charge is -2.22. The van der Waals surface area contributed by atoms with Crippen LogP contribution in [0.3, 0.4) is 0 Å². The number of benzene rings is 1. The fourth-order valence-electron chi connectivity index (χ4n) is 1.52. The van der Waals surface area contributed by atoms with Gasteiger partial charge >= 0.3 is 0 Å². The molecule has 0 aromatic heterocycles. The normalized spacial score (nSPS) is 12.1. The monoisotopic (exact) mass is 364 g/mol. The van der Waals surface area contributed by atoms with Crippen LogP contribution in [0.25, 0.3) is 0 Å². The molecule has 0 aliphatic rings. The van der Waals surface area contributed by atoms with Gasteiger partial charge in [0.2, 0.25) is 0 Å². The SMILES string of the molecule is COc1cc(Br)c(C(=O)C(C)(C)S(C)(=O)=O)cc1OC. The van der Waals surface area contributed by atoms with Crippen LogP contribution in [-0.4, -0.2) is 39.4 Å². The Labute approximate surface area is 127 Å². The average Bonchev–Trinajstić information content (AvgIpc) is 2.36. The molecule has 0 amide bonds. The molecule has 0 spiro atoms. The van der Waals surface area contributed by atoms with E-state index in [1.807, 2.05) is 0 Å². The summed E-state index contributed by atoms with van der Waals surface area (Å²) in [5.74, 6) is 0.310. The van der Waals surface area contributed by atoms with Crippen molar-refractivity contribution in [2.24, 2.45) is 0 Å². The summed E-state index contributed by atoms with van der Waals surface area (Å²) in [5, 5.41) is 0. The third-order valence-electron chi connectivity index (χ3n) is 3.19. The number of methoxy groups -OCH3 is 2. The second-order valence-electron chi connectivity index (χ2n) is 4.80. The number of carbonyl (C=O) groups excluding carboxylic acids is 1. The van der Waals surface area contributed by atoms with E-state index >= 15 is 0 Å². The quantitative estimate of drug-likeness (QED) is 0.750. The van der Waals surface area contributed by atoms with Gasteiger partial charge in [0.15, 0.2) is 27.1 Å². The Balaban J connectivity index is 3.45. The van der Waals surface area contributed by atoms with Crippen LogP contribution < -0.4 is 9.47 Å².